The van der Waals surface area contributed by atoms with Crippen molar-refractivity contribution >= 4 is 16.0 Å². The lowest BCUT2D eigenvalue weighted by molar-refractivity contribution is 0.122. The highest BCUT2D eigenvalue weighted by atomic mass is 32.2. The van der Waals surface area contributed by atoms with Crippen molar-refractivity contribution in [1.82, 2.24) is 19.7 Å². The summed E-state index contributed by atoms with van der Waals surface area (Å²) in [5, 5.41) is 0. The van der Waals surface area contributed by atoms with E-state index in [4.69, 9.17) is 14.2 Å². The molecule has 0 bridgehead atoms. The van der Waals surface area contributed by atoms with Crippen LogP contribution in [-0.2, 0) is 21.3 Å². The van der Waals surface area contributed by atoms with E-state index in [-0.39, 0.29) is 23.3 Å². The Labute approximate surface area is 170 Å². The number of benzene rings is 1. The molecule has 10 nitrogen and oxygen atoms in total. The fraction of sp³-hybridized carbons (Fsp3) is 0.500. The Balaban J connectivity index is 1.82. The Bertz CT molecular complexity index is 977. The number of nitrogens with zero attached hydrogens (tertiary/aromatic N) is 4. The molecule has 0 aliphatic carbocycles. The largest absolute Gasteiger partial charge is 0.496 e. The Kier molecular flexibility index (Phi) is 6.50. The predicted molar refractivity (Wildman–Crippen MR) is 106 cm³/mol. The maximum atomic E-state index is 12.8. The van der Waals surface area contributed by atoms with Crippen molar-refractivity contribution in [1.29, 1.82) is 0 Å². The molecule has 1 aromatic carbocycles. The number of rotatable bonds is 7. The van der Waals surface area contributed by atoms with Gasteiger partial charge < -0.3 is 19.1 Å². The zero-order valence-corrected chi connectivity index (χ0v) is 17.7. The Morgan fingerprint density at radius 2 is 1.79 bits per heavy atom. The number of hydrogen-bond donors (Lipinski definition) is 1. The molecule has 0 amide bonds. The summed E-state index contributed by atoms with van der Waals surface area (Å²) in [6, 6.07) is 3.42. The van der Waals surface area contributed by atoms with E-state index in [1.54, 1.807) is 33.1 Å². The van der Waals surface area contributed by atoms with E-state index >= 15 is 0 Å². The third-order valence-corrected chi connectivity index (χ3v) is 6.07. The summed E-state index contributed by atoms with van der Waals surface area (Å²) in [6.07, 6.45) is 0. The van der Waals surface area contributed by atoms with Gasteiger partial charge in [0.15, 0.2) is 5.82 Å². The first kappa shape index (κ1) is 21.2. The van der Waals surface area contributed by atoms with E-state index in [1.165, 1.54) is 7.11 Å². The number of sulfonamides is 1. The molecule has 0 unspecified atom stereocenters. The Hall–Kier alpha value is -2.50. The molecule has 1 aromatic heterocycles. The summed E-state index contributed by atoms with van der Waals surface area (Å²) in [6.45, 7) is 5.86. The molecule has 1 aliphatic heterocycles. The average Bonchev–Trinajstić information content (AvgIpc) is 2.74. The lowest BCUT2D eigenvalue weighted by atomic mass is 10.1. The van der Waals surface area contributed by atoms with Gasteiger partial charge in [0.2, 0.25) is 16.0 Å². The van der Waals surface area contributed by atoms with Crippen molar-refractivity contribution in [2.24, 2.45) is 0 Å². The molecule has 1 aliphatic rings. The number of anilines is 1. The normalized spacial score (nSPS) is 14.7. The molecule has 1 fully saturated rings. The van der Waals surface area contributed by atoms with Crippen LogP contribution in [0, 0.1) is 13.8 Å². The molecule has 2 aromatic rings. The van der Waals surface area contributed by atoms with Crippen molar-refractivity contribution < 1.29 is 22.6 Å². The topological polar surface area (TPSA) is 116 Å². The molecular formula is C18H25N5O5S. The molecule has 3 rings (SSSR count). The highest BCUT2D eigenvalue weighted by Gasteiger charge is 2.21. The van der Waals surface area contributed by atoms with E-state index in [9.17, 15) is 8.42 Å². The summed E-state index contributed by atoms with van der Waals surface area (Å²) in [5.74, 6) is 1.34. The first-order chi connectivity index (χ1) is 13.8. The van der Waals surface area contributed by atoms with Gasteiger partial charge in [-0.15, -0.1) is 0 Å². The molecular weight excluding hydrogens is 398 g/mol. The first-order valence-electron chi connectivity index (χ1n) is 9.10. The molecule has 29 heavy (non-hydrogen) atoms. The van der Waals surface area contributed by atoms with Crippen LogP contribution >= 0.6 is 0 Å². The molecule has 0 spiro atoms. The van der Waals surface area contributed by atoms with Crippen LogP contribution in [0.25, 0.3) is 0 Å². The van der Waals surface area contributed by atoms with Crippen LogP contribution in [0.4, 0.5) is 5.95 Å². The van der Waals surface area contributed by atoms with E-state index in [0.29, 0.717) is 43.6 Å². The van der Waals surface area contributed by atoms with Gasteiger partial charge in [0, 0.05) is 13.1 Å². The molecule has 0 atom stereocenters. The standard InChI is InChI=1S/C18H25N5O5S/c1-12-10-15(13(2)9-14(12)26-3)29(24,25)19-11-16-20-17(22-18(21-16)27-4)23-5-7-28-8-6-23/h9-10,19H,5-8,11H2,1-4H3. The van der Waals surface area contributed by atoms with Crippen LogP contribution in [0.1, 0.15) is 17.0 Å². The van der Waals surface area contributed by atoms with E-state index in [0.717, 1.165) is 5.56 Å². The SMILES string of the molecule is COc1nc(CNS(=O)(=O)c2cc(C)c(OC)cc2C)nc(N2CCOCC2)n1. The van der Waals surface area contributed by atoms with E-state index < -0.39 is 10.0 Å². The van der Waals surface area contributed by atoms with Gasteiger partial charge in [-0.1, -0.05) is 0 Å². The molecule has 0 radical (unpaired) electrons. The second-order valence-electron chi connectivity index (χ2n) is 6.55. The fourth-order valence-electron chi connectivity index (χ4n) is 2.97. The van der Waals surface area contributed by atoms with Gasteiger partial charge in [-0.25, -0.2) is 13.1 Å². The lowest BCUT2D eigenvalue weighted by Gasteiger charge is -2.26. The van der Waals surface area contributed by atoms with E-state index in [1.807, 2.05) is 4.90 Å². The van der Waals surface area contributed by atoms with Gasteiger partial charge in [0.05, 0.1) is 38.9 Å². The van der Waals surface area contributed by atoms with Crippen LogP contribution in [0.2, 0.25) is 0 Å². The minimum Gasteiger partial charge on any atom is -0.496 e. The van der Waals surface area contributed by atoms with Gasteiger partial charge in [0.1, 0.15) is 5.75 Å². The van der Waals surface area contributed by atoms with Crippen molar-refractivity contribution in [3.8, 4) is 11.8 Å². The minimum atomic E-state index is -3.77. The summed E-state index contributed by atoms with van der Waals surface area (Å²) in [5.41, 5.74) is 1.32. The second kappa shape index (κ2) is 8.89. The predicted octanol–water partition coefficient (Wildman–Crippen LogP) is 0.821. The highest BCUT2D eigenvalue weighted by molar-refractivity contribution is 7.89. The number of morpholine rings is 1. The van der Waals surface area contributed by atoms with Gasteiger partial charge in [-0.2, -0.15) is 15.0 Å². The monoisotopic (exact) mass is 423 g/mol. The lowest BCUT2D eigenvalue weighted by Crippen LogP contribution is -2.37. The molecule has 1 N–H and O–H groups in total. The molecule has 0 saturated carbocycles. The van der Waals surface area contributed by atoms with Crippen LogP contribution in [0.3, 0.4) is 0 Å². The van der Waals surface area contributed by atoms with E-state index in [2.05, 4.69) is 19.7 Å². The molecule has 2 heterocycles. The van der Waals surface area contributed by atoms with Crippen LogP contribution in [0.15, 0.2) is 17.0 Å². The Morgan fingerprint density at radius 1 is 1.07 bits per heavy atom. The van der Waals surface area contributed by atoms with Gasteiger partial charge in [0.25, 0.3) is 0 Å². The first-order valence-corrected chi connectivity index (χ1v) is 10.6. The van der Waals surface area contributed by atoms with Crippen molar-refractivity contribution in [3.63, 3.8) is 0 Å². The highest BCUT2D eigenvalue weighted by Crippen LogP contribution is 2.25. The van der Waals surface area contributed by atoms with Crippen LogP contribution < -0.4 is 19.1 Å². The summed E-state index contributed by atoms with van der Waals surface area (Å²) in [4.78, 5) is 14.9. The maximum absolute atomic E-state index is 12.8. The number of nitrogens with one attached hydrogen (secondary N) is 1. The smallest absolute Gasteiger partial charge is 0.321 e. The Morgan fingerprint density at radius 3 is 2.45 bits per heavy atom. The molecule has 158 valence electrons. The minimum absolute atomic E-state index is 0.0942. The molecule has 1 saturated heterocycles. The second-order valence-corrected chi connectivity index (χ2v) is 8.29. The fourth-order valence-corrected chi connectivity index (χ4v) is 4.26. The van der Waals surface area contributed by atoms with Crippen molar-refractivity contribution in [2.45, 2.75) is 25.3 Å². The third-order valence-electron chi connectivity index (χ3n) is 4.53. The number of aromatic nitrogens is 3. The van der Waals surface area contributed by atoms with Crippen LogP contribution in [-0.4, -0.2) is 63.9 Å². The summed E-state index contributed by atoms with van der Waals surface area (Å²) < 4.78 is 44.0. The quantitative estimate of drug-likeness (QED) is 0.691. The number of hydrogen-bond acceptors (Lipinski definition) is 9. The zero-order chi connectivity index (χ0) is 21.0. The average molecular weight is 423 g/mol. The zero-order valence-electron chi connectivity index (χ0n) is 16.9. The van der Waals surface area contributed by atoms with Gasteiger partial charge in [-0.05, 0) is 37.1 Å². The third kappa shape index (κ3) is 4.92. The molecule has 11 heteroatoms. The maximum Gasteiger partial charge on any atom is 0.321 e. The van der Waals surface area contributed by atoms with Crippen molar-refractivity contribution in [2.75, 3.05) is 45.4 Å². The number of ether oxygens (including phenoxy) is 3. The number of methoxy groups -OCH3 is 2. The van der Waals surface area contributed by atoms with Crippen LogP contribution in [0.5, 0.6) is 11.8 Å². The van der Waals surface area contributed by atoms with Gasteiger partial charge >= 0.3 is 6.01 Å². The van der Waals surface area contributed by atoms with Crippen molar-refractivity contribution in [3.05, 3.63) is 29.1 Å². The summed E-state index contributed by atoms with van der Waals surface area (Å²) in [7, 11) is -0.770. The van der Waals surface area contributed by atoms with Gasteiger partial charge in [-0.3, -0.25) is 0 Å². The summed E-state index contributed by atoms with van der Waals surface area (Å²) >= 11 is 0. The number of aryl methyl sites for hydroxylation is 2.